The highest BCUT2D eigenvalue weighted by Gasteiger charge is 2.11. The molecule has 0 radical (unpaired) electrons. The third-order valence-corrected chi connectivity index (χ3v) is 4.11. The second-order valence-corrected chi connectivity index (χ2v) is 5.69. The van der Waals surface area contributed by atoms with Gasteiger partial charge in [-0.25, -0.2) is 9.37 Å². The highest BCUT2D eigenvalue weighted by atomic mass is 19.1. The van der Waals surface area contributed by atoms with Gasteiger partial charge in [-0.05, 0) is 30.3 Å². The van der Waals surface area contributed by atoms with E-state index < -0.39 is 5.82 Å². The Kier molecular flexibility index (Phi) is 4.07. The van der Waals surface area contributed by atoms with E-state index >= 15 is 0 Å². The van der Waals surface area contributed by atoms with Crippen LogP contribution in [0.2, 0.25) is 0 Å². The Morgan fingerprint density at radius 1 is 1.07 bits per heavy atom. The molecule has 7 heteroatoms. The number of halogens is 1. The standard InChI is InChI=1S/C20H11FN4O2/c21-16-7-15(5-6-19(16)27-12-26)17-11-25-18(9-24-20(25)10-23-17)14-3-1-13(8-22)2-4-14/h1-7,9-12H. The van der Waals surface area contributed by atoms with Crippen LogP contribution in [0.4, 0.5) is 4.39 Å². The molecule has 2 aromatic heterocycles. The Morgan fingerprint density at radius 3 is 2.56 bits per heavy atom. The molecule has 2 aromatic carbocycles. The van der Waals surface area contributed by atoms with E-state index in [4.69, 9.17) is 5.26 Å². The molecule has 0 amide bonds. The Hall–Kier alpha value is -4.05. The summed E-state index contributed by atoms with van der Waals surface area (Å²) in [5.41, 5.74) is 3.99. The first-order valence-corrected chi connectivity index (χ1v) is 7.93. The maximum absolute atomic E-state index is 14.0. The van der Waals surface area contributed by atoms with Gasteiger partial charge in [0.2, 0.25) is 0 Å². The van der Waals surface area contributed by atoms with E-state index in [1.165, 1.54) is 12.1 Å². The van der Waals surface area contributed by atoms with Crippen molar-refractivity contribution >= 4 is 12.1 Å². The summed E-state index contributed by atoms with van der Waals surface area (Å²) in [4.78, 5) is 19.0. The maximum Gasteiger partial charge on any atom is 0.298 e. The molecule has 2 heterocycles. The minimum absolute atomic E-state index is 0.143. The summed E-state index contributed by atoms with van der Waals surface area (Å²) in [6, 6.07) is 13.5. The van der Waals surface area contributed by atoms with Crippen molar-refractivity contribution in [3.63, 3.8) is 0 Å². The summed E-state index contributed by atoms with van der Waals surface area (Å²) < 4.78 is 20.4. The van der Waals surface area contributed by atoms with Gasteiger partial charge in [0.1, 0.15) is 0 Å². The van der Waals surface area contributed by atoms with Crippen LogP contribution in [-0.4, -0.2) is 20.8 Å². The maximum atomic E-state index is 14.0. The number of hydrogen-bond donors (Lipinski definition) is 0. The van der Waals surface area contributed by atoms with Crippen molar-refractivity contribution in [2.45, 2.75) is 0 Å². The summed E-state index contributed by atoms with van der Waals surface area (Å²) >= 11 is 0. The number of carbonyl (C=O) groups excluding carboxylic acids is 1. The smallest absolute Gasteiger partial charge is 0.298 e. The number of ether oxygens (including phenoxy) is 1. The highest BCUT2D eigenvalue weighted by molar-refractivity contribution is 5.67. The van der Waals surface area contributed by atoms with Gasteiger partial charge < -0.3 is 4.74 Å². The molecule has 4 rings (SSSR count). The van der Waals surface area contributed by atoms with Crippen molar-refractivity contribution in [1.82, 2.24) is 14.4 Å². The number of carbonyl (C=O) groups is 1. The average Bonchev–Trinajstić information content (AvgIpc) is 3.13. The van der Waals surface area contributed by atoms with E-state index in [1.807, 2.05) is 16.5 Å². The van der Waals surface area contributed by atoms with Gasteiger partial charge in [0, 0.05) is 17.3 Å². The summed E-state index contributed by atoms with van der Waals surface area (Å²) in [5.74, 6) is -0.796. The van der Waals surface area contributed by atoms with E-state index in [-0.39, 0.29) is 12.2 Å². The fourth-order valence-electron chi connectivity index (χ4n) is 2.77. The molecule has 0 aliphatic heterocycles. The van der Waals surface area contributed by atoms with Crippen LogP contribution in [0.5, 0.6) is 5.75 Å². The predicted octanol–water partition coefficient (Wildman–Crippen LogP) is 3.61. The van der Waals surface area contributed by atoms with Crippen LogP contribution in [-0.2, 0) is 4.79 Å². The Morgan fingerprint density at radius 2 is 1.85 bits per heavy atom. The number of nitrogens with zero attached hydrogens (tertiary/aromatic N) is 4. The predicted molar refractivity (Wildman–Crippen MR) is 95.2 cm³/mol. The zero-order valence-electron chi connectivity index (χ0n) is 13.8. The topological polar surface area (TPSA) is 80.3 Å². The van der Waals surface area contributed by atoms with Crippen LogP contribution in [0, 0.1) is 17.1 Å². The van der Waals surface area contributed by atoms with Crippen molar-refractivity contribution in [1.29, 1.82) is 5.26 Å². The van der Waals surface area contributed by atoms with Gasteiger partial charge in [-0.2, -0.15) is 5.26 Å². The molecule has 0 spiro atoms. The SMILES string of the molecule is N#Cc1ccc(-c2cnc3cnc(-c4ccc(OC=O)c(F)c4)cn23)cc1. The Balaban J connectivity index is 1.79. The summed E-state index contributed by atoms with van der Waals surface area (Å²) in [7, 11) is 0. The fourth-order valence-corrected chi connectivity index (χ4v) is 2.77. The minimum atomic E-state index is -0.653. The highest BCUT2D eigenvalue weighted by Crippen LogP contribution is 2.26. The number of nitriles is 1. The van der Waals surface area contributed by atoms with Crippen molar-refractivity contribution in [2.24, 2.45) is 0 Å². The molecule has 0 bridgehead atoms. The molecule has 0 unspecified atom stereocenters. The van der Waals surface area contributed by atoms with Gasteiger partial charge in [0.15, 0.2) is 17.2 Å². The second kappa shape index (κ2) is 6.69. The van der Waals surface area contributed by atoms with Crippen LogP contribution < -0.4 is 4.74 Å². The van der Waals surface area contributed by atoms with E-state index in [2.05, 4.69) is 20.8 Å². The number of benzene rings is 2. The molecule has 27 heavy (non-hydrogen) atoms. The lowest BCUT2D eigenvalue weighted by atomic mass is 10.1. The summed E-state index contributed by atoms with van der Waals surface area (Å²) in [5, 5.41) is 8.93. The Bertz CT molecular complexity index is 1190. The molecule has 0 saturated heterocycles. The molecule has 0 aliphatic carbocycles. The van der Waals surface area contributed by atoms with Crippen LogP contribution >= 0.6 is 0 Å². The van der Waals surface area contributed by atoms with Crippen LogP contribution in [0.3, 0.4) is 0 Å². The van der Waals surface area contributed by atoms with Gasteiger partial charge in [-0.15, -0.1) is 0 Å². The zero-order valence-corrected chi connectivity index (χ0v) is 13.8. The van der Waals surface area contributed by atoms with Gasteiger partial charge in [-0.3, -0.25) is 14.2 Å². The lowest BCUT2D eigenvalue weighted by Gasteiger charge is -2.07. The van der Waals surface area contributed by atoms with Gasteiger partial charge >= 0.3 is 0 Å². The van der Waals surface area contributed by atoms with Crippen LogP contribution in [0.15, 0.2) is 61.1 Å². The van der Waals surface area contributed by atoms with Crippen molar-refractivity contribution in [2.75, 3.05) is 0 Å². The van der Waals surface area contributed by atoms with E-state index in [9.17, 15) is 9.18 Å². The molecule has 130 valence electrons. The van der Waals surface area contributed by atoms with Crippen LogP contribution in [0.25, 0.3) is 28.2 Å². The van der Waals surface area contributed by atoms with E-state index in [1.54, 1.807) is 36.8 Å². The van der Waals surface area contributed by atoms with E-state index in [0.717, 1.165) is 11.3 Å². The first kappa shape index (κ1) is 16.4. The van der Waals surface area contributed by atoms with Crippen molar-refractivity contribution in [3.8, 4) is 34.3 Å². The molecular weight excluding hydrogens is 347 g/mol. The third-order valence-electron chi connectivity index (χ3n) is 4.11. The summed E-state index contributed by atoms with van der Waals surface area (Å²) in [6.07, 6.45) is 5.06. The number of rotatable bonds is 4. The Labute approximate surface area is 153 Å². The van der Waals surface area contributed by atoms with Gasteiger partial charge in [-0.1, -0.05) is 12.1 Å². The molecule has 0 saturated carbocycles. The molecule has 6 nitrogen and oxygen atoms in total. The molecule has 0 atom stereocenters. The second-order valence-electron chi connectivity index (χ2n) is 5.69. The fraction of sp³-hybridized carbons (Fsp3) is 0. The van der Waals surface area contributed by atoms with E-state index in [0.29, 0.717) is 22.5 Å². The lowest BCUT2D eigenvalue weighted by Crippen LogP contribution is -1.95. The number of hydrogen-bond acceptors (Lipinski definition) is 5. The first-order valence-electron chi connectivity index (χ1n) is 7.93. The quantitative estimate of drug-likeness (QED) is 0.521. The summed E-state index contributed by atoms with van der Waals surface area (Å²) in [6.45, 7) is 0.178. The lowest BCUT2D eigenvalue weighted by molar-refractivity contribution is -0.120. The van der Waals surface area contributed by atoms with Crippen molar-refractivity contribution < 1.29 is 13.9 Å². The normalized spacial score (nSPS) is 10.5. The molecular formula is C20H11FN4O2. The van der Waals surface area contributed by atoms with Gasteiger partial charge in [0.25, 0.3) is 6.47 Å². The largest absolute Gasteiger partial charge is 0.426 e. The minimum Gasteiger partial charge on any atom is -0.426 e. The zero-order chi connectivity index (χ0) is 18.8. The molecule has 0 aliphatic rings. The number of aromatic nitrogens is 3. The van der Waals surface area contributed by atoms with Gasteiger partial charge in [0.05, 0.1) is 35.4 Å². The van der Waals surface area contributed by atoms with Crippen molar-refractivity contribution in [3.05, 3.63) is 72.4 Å². The van der Waals surface area contributed by atoms with Crippen LogP contribution in [0.1, 0.15) is 5.56 Å². The molecule has 0 fully saturated rings. The first-order chi connectivity index (χ1) is 13.2. The monoisotopic (exact) mass is 358 g/mol. The number of fused-ring (bicyclic) bond motifs is 1. The molecule has 4 aromatic rings. The number of imidazole rings is 1. The average molecular weight is 358 g/mol. The third kappa shape index (κ3) is 3.00. The molecule has 0 N–H and O–H groups in total.